The Morgan fingerprint density at radius 2 is 2.25 bits per heavy atom. The van der Waals surface area contributed by atoms with Crippen molar-refractivity contribution in [2.75, 3.05) is 13.7 Å². The zero-order valence-corrected chi connectivity index (χ0v) is 10.5. The van der Waals surface area contributed by atoms with Crippen molar-refractivity contribution < 1.29 is 4.74 Å². The summed E-state index contributed by atoms with van der Waals surface area (Å²) >= 11 is 0. The minimum absolute atomic E-state index is 0.601. The Kier molecular flexibility index (Phi) is 5.86. The van der Waals surface area contributed by atoms with Gasteiger partial charge in [0.2, 0.25) is 5.88 Å². The molecule has 16 heavy (non-hydrogen) atoms. The van der Waals surface area contributed by atoms with E-state index in [1.54, 1.807) is 0 Å². The molecule has 1 aromatic rings. The van der Waals surface area contributed by atoms with Gasteiger partial charge in [0.1, 0.15) is 0 Å². The molecule has 0 aliphatic carbocycles. The Morgan fingerprint density at radius 1 is 1.44 bits per heavy atom. The molecule has 1 heterocycles. The minimum Gasteiger partial charge on any atom is -0.477 e. The molecule has 0 aliphatic heterocycles. The van der Waals surface area contributed by atoms with Crippen LogP contribution in [0.25, 0.3) is 0 Å². The molecule has 0 radical (unpaired) electrons. The van der Waals surface area contributed by atoms with E-state index in [4.69, 9.17) is 4.74 Å². The van der Waals surface area contributed by atoms with Crippen molar-refractivity contribution in [3.63, 3.8) is 0 Å². The fourth-order valence-corrected chi connectivity index (χ4v) is 1.61. The summed E-state index contributed by atoms with van der Waals surface area (Å²) in [5, 5.41) is 3.09. The molecular weight excluding hydrogens is 200 g/mol. The molecule has 1 N–H and O–H groups in total. The van der Waals surface area contributed by atoms with Crippen LogP contribution in [-0.4, -0.2) is 18.6 Å². The van der Waals surface area contributed by atoms with Gasteiger partial charge in [-0.15, -0.1) is 0 Å². The highest BCUT2D eigenvalue weighted by atomic mass is 16.5. The van der Waals surface area contributed by atoms with E-state index < -0.39 is 0 Å². The lowest BCUT2D eigenvalue weighted by molar-refractivity contribution is 0.243. The molecule has 1 aromatic heterocycles. The van der Waals surface area contributed by atoms with Crippen LogP contribution < -0.4 is 10.1 Å². The average molecular weight is 222 g/mol. The molecule has 3 nitrogen and oxygen atoms in total. The molecule has 90 valence electrons. The Morgan fingerprint density at radius 3 is 2.81 bits per heavy atom. The fraction of sp³-hybridized carbons (Fsp3) is 0.615. The molecule has 0 aromatic carbocycles. The summed E-state index contributed by atoms with van der Waals surface area (Å²) in [5.74, 6) is 1.33. The summed E-state index contributed by atoms with van der Waals surface area (Å²) in [7, 11) is 1.93. The summed E-state index contributed by atoms with van der Waals surface area (Å²) in [4.78, 5) is 4.27. The SMILES string of the molecule is CCCC(C)COc1ccc(CNC)cn1. The highest BCUT2D eigenvalue weighted by Crippen LogP contribution is 2.11. The third kappa shape index (κ3) is 4.62. The highest BCUT2D eigenvalue weighted by molar-refractivity contribution is 5.17. The lowest BCUT2D eigenvalue weighted by atomic mass is 10.1. The van der Waals surface area contributed by atoms with Crippen LogP contribution in [0.3, 0.4) is 0 Å². The van der Waals surface area contributed by atoms with E-state index >= 15 is 0 Å². The van der Waals surface area contributed by atoms with E-state index in [9.17, 15) is 0 Å². The predicted octanol–water partition coefficient (Wildman–Crippen LogP) is 2.62. The van der Waals surface area contributed by atoms with Gasteiger partial charge in [0.15, 0.2) is 0 Å². The molecule has 3 heteroatoms. The van der Waals surface area contributed by atoms with Gasteiger partial charge in [-0.1, -0.05) is 26.3 Å². The normalized spacial score (nSPS) is 12.4. The quantitative estimate of drug-likeness (QED) is 0.770. The second-order valence-electron chi connectivity index (χ2n) is 4.24. The summed E-state index contributed by atoms with van der Waals surface area (Å²) in [6, 6.07) is 3.98. The van der Waals surface area contributed by atoms with Crippen LogP contribution in [-0.2, 0) is 6.54 Å². The van der Waals surface area contributed by atoms with E-state index in [1.807, 2.05) is 25.4 Å². The van der Waals surface area contributed by atoms with E-state index in [2.05, 4.69) is 24.1 Å². The Labute approximate surface area is 98.2 Å². The Hall–Kier alpha value is -1.09. The number of ether oxygens (including phenoxy) is 1. The van der Waals surface area contributed by atoms with Gasteiger partial charge in [-0.3, -0.25) is 0 Å². The van der Waals surface area contributed by atoms with Crippen molar-refractivity contribution in [3.05, 3.63) is 23.9 Å². The molecule has 1 rings (SSSR count). The second kappa shape index (κ2) is 7.23. The lowest BCUT2D eigenvalue weighted by Gasteiger charge is -2.11. The molecule has 0 aliphatic rings. The molecule has 0 amide bonds. The Balaban J connectivity index is 2.37. The maximum Gasteiger partial charge on any atom is 0.213 e. The van der Waals surface area contributed by atoms with Crippen LogP contribution in [0, 0.1) is 5.92 Å². The lowest BCUT2D eigenvalue weighted by Crippen LogP contribution is -2.09. The van der Waals surface area contributed by atoms with E-state index in [0.29, 0.717) is 5.92 Å². The van der Waals surface area contributed by atoms with E-state index in [1.165, 1.54) is 18.4 Å². The summed E-state index contributed by atoms with van der Waals surface area (Å²) < 4.78 is 5.62. The zero-order chi connectivity index (χ0) is 11.8. The molecule has 0 fully saturated rings. The van der Waals surface area contributed by atoms with E-state index in [0.717, 1.165) is 19.0 Å². The van der Waals surface area contributed by atoms with Crippen LogP contribution >= 0.6 is 0 Å². The predicted molar refractivity (Wildman–Crippen MR) is 66.6 cm³/mol. The van der Waals surface area contributed by atoms with Crippen LogP contribution in [0.4, 0.5) is 0 Å². The van der Waals surface area contributed by atoms with Gasteiger partial charge in [-0.25, -0.2) is 4.98 Å². The number of hydrogen-bond acceptors (Lipinski definition) is 3. The van der Waals surface area contributed by atoms with Crippen molar-refractivity contribution in [1.82, 2.24) is 10.3 Å². The number of pyridine rings is 1. The van der Waals surface area contributed by atoms with Crippen LogP contribution in [0.15, 0.2) is 18.3 Å². The number of hydrogen-bond donors (Lipinski definition) is 1. The van der Waals surface area contributed by atoms with Gasteiger partial charge >= 0.3 is 0 Å². The maximum atomic E-state index is 5.62. The summed E-state index contributed by atoms with van der Waals surface area (Å²) in [5.41, 5.74) is 1.18. The molecular formula is C13H22N2O. The number of nitrogens with one attached hydrogen (secondary N) is 1. The molecule has 0 saturated carbocycles. The van der Waals surface area contributed by atoms with Gasteiger partial charge in [0.25, 0.3) is 0 Å². The highest BCUT2D eigenvalue weighted by Gasteiger charge is 2.02. The van der Waals surface area contributed by atoms with E-state index in [-0.39, 0.29) is 0 Å². The first-order valence-corrected chi connectivity index (χ1v) is 5.98. The standard InChI is InChI=1S/C13H22N2O/c1-4-5-11(2)10-16-13-7-6-12(8-14-3)9-15-13/h6-7,9,11,14H,4-5,8,10H2,1-3H3. The van der Waals surface area contributed by atoms with Gasteiger partial charge in [-0.05, 0) is 24.9 Å². The van der Waals surface area contributed by atoms with Gasteiger partial charge in [0, 0.05) is 18.8 Å². The maximum absolute atomic E-state index is 5.62. The topological polar surface area (TPSA) is 34.1 Å². The first-order valence-electron chi connectivity index (χ1n) is 5.98. The third-order valence-corrected chi connectivity index (χ3v) is 2.48. The third-order valence-electron chi connectivity index (χ3n) is 2.48. The minimum atomic E-state index is 0.601. The monoisotopic (exact) mass is 222 g/mol. The first-order chi connectivity index (χ1) is 7.76. The molecule has 1 unspecified atom stereocenters. The largest absolute Gasteiger partial charge is 0.477 e. The fourth-order valence-electron chi connectivity index (χ4n) is 1.61. The van der Waals surface area contributed by atoms with Gasteiger partial charge < -0.3 is 10.1 Å². The zero-order valence-electron chi connectivity index (χ0n) is 10.5. The number of aromatic nitrogens is 1. The summed E-state index contributed by atoms with van der Waals surface area (Å²) in [6.45, 7) is 6.01. The summed E-state index contributed by atoms with van der Waals surface area (Å²) in [6.07, 6.45) is 4.27. The van der Waals surface area contributed by atoms with Crippen LogP contribution in [0.1, 0.15) is 32.3 Å². The van der Waals surface area contributed by atoms with Crippen LogP contribution in [0.2, 0.25) is 0 Å². The van der Waals surface area contributed by atoms with Gasteiger partial charge in [0.05, 0.1) is 6.61 Å². The molecule has 0 bridgehead atoms. The van der Waals surface area contributed by atoms with Crippen LogP contribution in [0.5, 0.6) is 5.88 Å². The van der Waals surface area contributed by atoms with Crippen molar-refractivity contribution in [3.8, 4) is 5.88 Å². The number of rotatable bonds is 7. The van der Waals surface area contributed by atoms with Crippen molar-refractivity contribution in [1.29, 1.82) is 0 Å². The smallest absolute Gasteiger partial charge is 0.213 e. The van der Waals surface area contributed by atoms with Crippen molar-refractivity contribution >= 4 is 0 Å². The molecule has 0 saturated heterocycles. The average Bonchev–Trinajstić information content (AvgIpc) is 2.29. The second-order valence-corrected chi connectivity index (χ2v) is 4.24. The Bertz CT molecular complexity index is 284. The van der Waals surface area contributed by atoms with Crippen molar-refractivity contribution in [2.45, 2.75) is 33.2 Å². The van der Waals surface area contributed by atoms with Crippen molar-refractivity contribution in [2.24, 2.45) is 5.92 Å². The van der Waals surface area contributed by atoms with Gasteiger partial charge in [-0.2, -0.15) is 0 Å². The first kappa shape index (κ1) is 13.0. The molecule has 0 spiro atoms. The number of nitrogens with zero attached hydrogens (tertiary/aromatic N) is 1. The molecule has 1 atom stereocenters.